The molecule has 0 aliphatic rings. The zero-order valence-electron chi connectivity index (χ0n) is 49.6. The Balaban J connectivity index is 4.22. The van der Waals surface area contributed by atoms with Crippen molar-refractivity contribution in [2.75, 3.05) is 13.2 Å². The van der Waals surface area contributed by atoms with E-state index in [-0.39, 0.29) is 31.1 Å². The van der Waals surface area contributed by atoms with Crippen LogP contribution in [0.1, 0.15) is 375 Å². The van der Waals surface area contributed by atoms with E-state index in [1.807, 2.05) is 0 Å². The summed E-state index contributed by atoms with van der Waals surface area (Å²) in [6.07, 6.45) is 65.4. The molecule has 0 aliphatic carbocycles. The fourth-order valence-electron chi connectivity index (χ4n) is 10.3. The summed E-state index contributed by atoms with van der Waals surface area (Å²) < 4.78 is 17.0. The maximum atomic E-state index is 12.9. The Hall–Kier alpha value is -1.59. The van der Waals surface area contributed by atoms with Gasteiger partial charge in [-0.1, -0.05) is 336 Å². The Bertz CT molecular complexity index is 1100. The molecule has 72 heavy (non-hydrogen) atoms. The number of carbonyl (C=O) groups is 3. The van der Waals surface area contributed by atoms with E-state index in [1.165, 1.54) is 263 Å². The molecule has 0 fully saturated rings. The number of esters is 3. The van der Waals surface area contributed by atoms with E-state index in [1.54, 1.807) is 0 Å². The highest BCUT2D eigenvalue weighted by atomic mass is 16.6. The van der Waals surface area contributed by atoms with Gasteiger partial charge in [0.25, 0.3) is 0 Å². The standard InChI is InChI=1S/C66H128O6/c1-6-7-8-9-10-11-12-31-36-41-46-51-56-64(67)70-59-63(72-66(69)58-53-48-43-38-33-28-24-20-16-14-18-22-26-30-35-40-45-50-55-62(4)5)60-71-65(68)57-52-47-42-37-32-27-23-19-15-13-17-21-25-29-34-39-44-49-54-61(2)3/h61-63H,6-60H2,1-5H3/t63-/m0/s1. The van der Waals surface area contributed by atoms with Crippen LogP contribution in [0.3, 0.4) is 0 Å². The van der Waals surface area contributed by atoms with E-state index in [0.717, 1.165) is 69.6 Å². The molecule has 6 heteroatoms. The molecule has 0 spiro atoms. The Labute approximate surface area is 450 Å². The first-order valence-electron chi connectivity index (χ1n) is 32.7. The number of carbonyl (C=O) groups excluding carboxylic acids is 3. The molecule has 0 N–H and O–H groups in total. The average molecular weight is 1020 g/mol. The van der Waals surface area contributed by atoms with E-state index in [9.17, 15) is 14.4 Å². The van der Waals surface area contributed by atoms with Crippen LogP contribution in [0.5, 0.6) is 0 Å². The maximum absolute atomic E-state index is 12.9. The average Bonchev–Trinajstić information content (AvgIpc) is 3.36. The van der Waals surface area contributed by atoms with Crippen molar-refractivity contribution in [3.05, 3.63) is 0 Å². The summed E-state index contributed by atoms with van der Waals surface area (Å²) in [7, 11) is 0. The fourth-order valence-corrected chi connectivity index (χ4v) is 10.3. The molecule has 0 aromatic rings. The summed E-state index contributed by atoms with van der Waals surface area (Å²) in [6.45, 7) is 11.5. The number of hydrogen-bond acceptors (Lipinski definition) is 6. The van der Waals surface area contributed by atoms with Crippen LogP contribution in [0.15, 0.2) is 0 Å². The summed E-state index contributed by atoms with van der Waals surface area (Å²) in [6, 6.07) is 0. The smallest absolute Gasteiger partial charge is 0.306 e. The van der Waals surface area contributed by atoms with Crippen molar-refractivity contribution in [1.82, 2.24) is 0 Å². The SMILES string of the molecule is CCCCCCCCCCCCCCC(=O)OC[C@@H](COC(=O)CCCCCCCCCCCCCCCCCCCCC(C)C)OC(=O)CCCCCCCCCCCCCCCCCCCCC(C)C. The highest BCUT2D eigenvalue weighted by Gasteiger charge is 2.19. The van der Waals surface area contributed by atoms with Crippen molar-refractivity contribution in [3.8, 4) is 0 Å². The van der Waals surface area contributed by atoms with Crippen molar-refractivity contribution in [2.45, 2.75) is 381 Å². The minimum Gasteiger partial charge on any atom is -0.462 e. The molecular formula is C66H128O6. The van der Waals surface area contributed by atoms with Crippen molar-refractivity contribution in [2.24, 2.45) is 11.8 Å². The van der Waals surface area contributed by atoms with Gasteiger partial charge in [0.1, 0.15) is 13.2 Å². The highest BCUT2D eigenvalue weighted by molar-refractivity contribution is 5.71. The van der Waals surface area contributed by atoms with Crippen LogP contribution in [-0.2, 0) is 28.6 Å². The monoisotopic (exact) mass is 1020 g/mol. The van der Waals surface area contributed by atoms with E-state index >= 15 is 0 Å². The van der Waals surface area contributed by atoms with Gasteiger partial charge in [0, 0.05) is 19.3 Å². The molecule has 0 radical (unpaired) electrons. The van der Waals surface area contributed by atoms with Crippen LogP contribution in [0, 0.1) is 11.8 Å². The van der Waals surface area contributed by atoms with Crippen LogP contribution >= 0.6 is 0 Å². The van der Waals surface area contributed by atoms with Gasteiger partial charge in [0.2, 0.25) is 0 Å². The normalized spacial score (nSPS) is 12.0. The summed E-state index contributed by atoms with van der Waals surface area (Å²) in [5, 5.41) is 0. The maximum Gasteiger partial charge on any atom is 0.306 e. The van der Waals surface area contributed by atoms with Gasteiger partial charge in [0.05, 0.1) is 0 Å². The summed E-state index contributed by atoms with van der Waals surface area (Å²) >= 11 is 0. The van der Waals surface area contributed by atoms with Crippen LogP contribution in [0.2, 0.25) is 0 Å². The quantitative estimate of drug-likeness (QED) is 0.0343. The zero-order chi connectivity index (χ0) is 52.5. The second-order valence-corrected chi connectivity index (χ2v) is 23.7. The molecule has 0 aromatic heterocycles. The van der Waals surface area contributed by atoms with E-state index in [2.05, 4.69) is 34.6 Å². The van der Waals surface area contributed by atoms with Gasteiger partial charge in [-0.2, -0.15) is 0 Å². The molecule has 0 saturated heterocycles. The predicted molar refractivity (Wildman–Crippen MR) is 312 cm³/mol. The largest absolute Gasteiger partial charge is 0.462 e. The van der Waals surface area contributed by atoms with Gasteiger partial charge in [-0.05, 0) is 31.1 Å². The lowest BCUT2D eigenvalue weighted by atomic mass is 10.0. The molecule has 0 amide bonds. The number of unbranched alkanes of at least 4 members (excludes halogenated alkanes) is 45. The molecule has 428 valence electrons. The van der Waals surface area contributed by atoms with Gasteiger partial charge >= 0.3 is 17.9 Å². The summed E-state index contributed by atoms with van der Waals surface area (Å²) in [5.74, 6) is 0.887. The first kappa shape index (κ1) is 70.4. The minimum absolute atomic E-state index is 0.0616. The second-order valence-electron chi connectivity index (χ2n) is 23.7. The lowest BCUT2D eigenvalue weighted by Gasteiger charge is -2.18. The van der Waals surface area contributed by atoms with Crippen LogP contribution in [0.4, 0.5) is 0 Å². The lowest BCUT2D eigenvalue weighted by molar-refractivity contribution is -0.167. The van der Waals surface area contributed by atoms with Crippen molar-refractivity contribution in [1.29, 1.82) is 0 Å². The van der Waals surface area contributed by atoms with Crippen molar-refractivity contribution >= 4 is 17.9 Å². The lowest BCUT2D eigenvalue weighted by Crippen LogP contribution is -2.30. The Morgan fingerprint density at radius 1 is 0.264 bits per heavy atom. The van der Waals surface area contributed by atoms with Gasteiger partial charge in [0.15, 0.2) is 6.10 Å². The van der Waals surface area contributed by atoms with Crippen molar-refractivity contribution < 1.29 is 28.6 Å². The molecule has 0 aliphatic heterocycles. The van der Waals surface area contributed by atoms with E-state index in [0.29, 0.717) is 19.3 Å². The molecule has 1 atom stereocenters. The Morgan fingerprint density at radius 3 is 0.681 bits per heavy atom. The van der Waals surface area contributed by atoms with Crippen LogP contribution in [0.25, 0.3) is 0 Å². The Kier molecular flexibility index (Phi) is 57.4. The van der Waals surface area contributed by atoms with Gasteiger partial charge in [-0.25, -0.2) is 0 Å². The topological polar surface area (TPSA) is 78.9 Å². The highest BCUT2D eigenvalue weighted by Crippen LogP contribution is 2.19. The molecule has 6 nitrogen and oxygen atoms in total. The van der Waals surface area contributed by atoms with Gasteiger partial charge < -0.3 is 14.2 Å². The van der Waals surface area contributed by atoms with Crippen LogP contribution < -0.4 is 0 Å². The Morgan fingerprint density at radius 2 is 0.458 bits per heavy atom. The van der Waals surface area contributed by atoms with Crippen molar-refractivity contribution in [3.63, 3.8) is 0 Å². The molecular weight excluding hydrogens is 889 g/mol. The van der Waals surface area contributed by atoms with Crippen LogP contribution in [-0.4, -0.2) is 37.2 Å². The summed E-state index contributed by atoms with van der Waals surface area (Å²) in [5.41, 5.74) is 0. The molecule has 0 unspecified atom stereocenters. The predicted octanol–water partition coefficient (Wildman–Crippen LogP) is 22.0. The third-order valence-electron chi connectivity index (χ3n) is 15.2. The van der Waals surface area contributed by atoms with Gasteiger partial charge in [-0.3, -0.25) is 14.4 Å². The number of rotatable bonds is 60. The van der Waals surface area contributed by atoms with E-state index < -0.39 is 6.10 Å². The molecule has 0 rings (SSSR count). The summed E-state index contributed by atoms with van der Waals surface area (Å²) in [4.78, 5) is 38.3. The third-order valence-corrected chi connectivity index (χ3v) is 15.2. The molecule has 0 bridgehead atoms. The molecule has 0 aromatic carbocycles. The molecule has 0 saturated carbocycles. The molecule has 0 heterocycles. The number of ether oxygens (including phenoxy) is 3. The van der Waals surface area contributed by atoms with Gasteiger partial charge in [-0.15, -0.1) is 0 Å². The first-order chi connectivity index (χ1) is 35.2. The van der Waals surface area contributed by atoms with E-state index in [4.69, 9.17) is 14.2 Å². The fraction of sp³-hybridized carbons (Fsp3) is 0.955. The third kappa shape index (κ3) is 59.3. The zero-order valence-corrected chi connectivity index (χ0v) is 49.6. The minimum atomic E-state index is -0.763. The number of hydrogen-bond donors (Lipinski definition) is 0. The second kappa shape index (κ2) is 58.7. The first-order valence-corrected chi connectivity index (χ1v) is 32.7.